The summed E-state index contributed by atoms with van der Waals surface area (Å²) in [6.07, 6.45) is 3.37. The Morgan fingerprint density at radius 3 is 2.77 bits per heavy atom. The summed E-state index contributed by atoms with van der Waals surface area (Å²) in [6.45, 7) is 1.39. The highest BCUT2D eigenvalue weighted by molar-refractivity contribution is 5.92. The van der Waals surface area contributed by atoms with Crippen molar-refractivity contribution in [2.45, 2.75) is 38.5 Å². The van der Waals surface area contributed by atoms with Gasteiger partial charge in [0, 0.05) is 24.7 Å². The molecule has 1 aliphatic carbocycles. The van der Waals surface area contributed by atoms with E-state index in [1.54, 1.807) is 12.1 Å². The van der Waals surface area contributed by atoms with Gasteiger partial charge in [0.05, 0.1) is 6.54 Å². The molecule has 0 radical (unpaired) electrons. The number of hydrogen-bond acceptors (Lipinski definition) is 6. The van der Waals surface area contributed by atoms with Gasteiger partial charge in [-0.15, -0.1) is 0 Å². The molecule has 1 amide bonds. The molecule has 0 bridgehead atoms. The fraction of sp³-hybridized carbons (Fsp3) is 0.304. The molecule has 1 aliphatic heterocycles. The lowest BCUT2D eigenvalue weighted by Gasteiger charge is -2.21. The molecule has 3 aromatic rings. The summed E-state index contributed by atoms with van der Waals surface area (Å²) >= 11 is 0. The molecule has 31 heavy (non-hydrogen) atoms. The topological polar surface area (TPSA) is 76.8 Å². The number of halogens is 1. The Hall–Kier alpha value is -3.39. The number of carbonyl (C=O) groups excluding carboxylic acids is 1. The zero-order chi connectivity index (χ0) is 21.2. The number of amides is 1. The van der Waals surface area contributed by atoms with Crippen LogP contribution in [0.5, 0.6) is 11.5 Å². The molecule has 0 saturated heterocycles. The lowest BCUT2D eigenvalue weighted by molar-refractivity contribution is 0.0946. The van der Waals surface area contributed by atoms with Crippen molar-refractivity contribution < 1.29 is 23.1 Å². The Balaban J connectivity index is 1.34. The molecule has 1 aromatic heterocycles. The van der Waals surface area contributed by atoms with Gasteiger partial charge in [0.15, 0.2) is 17.2 Å². The maximum absolute atomic E-state index is 14.3. The number of benzene rings is 2. The minimum atomic E-state index is -0.268. The normalized spacial score (nSPS) is 14.8. The first-order chi connectivity index (χ1) is 15.1. The minimum absolute atomic E-state index is 0.208. The molecule has 8 heteroatoms. The van der Waals surface area contributed by atoms with Crippen molar-refractivity contribution in [3.05, 3.63) is 77.3 Å². The van der Waals surface area contributed by atoms with Gasteiger partial charge in [0.1, 0.15) is 12.1 Å². The van der Waals surface area contributed by atoms with Crippen LogP contribution >= 0.6 is 0 Å². The van der Waals surface area contributed by atoms with E-state index in [0.29, 0.717) is 42.6 Å². The van der Waals surface area contributed by atoms with Gasteiger partial charge in [-0.25, -0.2) is 9.37 Å². The molecule has 2 aliphatic rings. The lowest BCUT2D eigenvalue weighted by Crippen LogP contribution is -2.26. The number of nitrogens with zero attached hydrogens (tertiary/aromatic N) is 2. The molecule has 2 heterocycles. The van der Waals surface area contributed by atoms with Crippen molar-refractivity contribution >= 4 is 5.91 Å². The average Bonchev–Trinajstić information content (AvgIpc) is 3.24. The number of rotatable bonds is 8. The molecule has 7 nitrogen and oxygen atoms in total. The molecular weight excluding hydrogens is 401 g/mol. The molecule has 2 aromatic carbocycles. The fourth-order valence-corrected chi connectivity index (χ4v) is 3.50. The van der Waals surface area contributed by atoms with Crippen LogP contribution in [0.2, 0.25) is 0 Å². The first-order valence-corrected chi connectivity index (χ1v) is 10.2. The van der Waals surface area contributed by atoms with Crippen molar-refractivity contribution in [1.29, 1.82) is 0 Å². The third-order valence-corrected chi connectivity index (χ3v) is 5.25. The van der Waals surface area contributed by atoms with Gasteiger partial charge >= 0.3 is 0 Å². The van der Waals surface area contributed by atoms with E-state index < -0.39 is 0 Å². The average molecular weight is 423 g/mol. The van der Waals surface area contributed by atoms with Gasteiger partial charge in [-0.3, -0.25) is 9.69 Å². The monoisotopic (exact) mass is 423 g/mol. The highest BCUT2D eigenvalue weighted by atomic mass is 19.1. The van der Waals surface area contributed by atoms with E-state index in [4.69, 9.17) is 13.9 Å². The second-order valence-corrected chi connectivity index (χ2v) is 7.80. The predicted molar refractivity (Wildman–Crippen MR) is 109 cm³/mol. The molecular formula is C23H22FN3O4. The van der Waals surface area contributed by atoms with Crippen molar-refractivity contribution in [2.24, 2.45) is 0 Å². The summed E-state index contributed by atoms with van der Waals surface area (Å²) in [5.41, 5.74) is 1.82. The maximum atomic E-state index is 14.3. The van der Waals surface area contributed by atoms with Crippen molar-refractivity contribution in [3.8, 4) is 11.5 Å². The van der Waals surface area contributed by atoms with Crippen LogP contribution in [0.1, 0.15) is 40.3 Å². The first-order valence-electron chi connectivity index (χ1n) is 10.2. The summed E-state index contributed by atoms with van der Waals surface area (Å²) < 4.78 is 30.7. The van der Waals surface area contributed by atoms with Gasteiger partial charge in [0.25, 0.3) is 5.91 Å². The van der Waals surface area contributed by atoms with E-state index in [2.05, 4.69) is 10.3 Å². The summed E-state index contributed by atoms with van der Waals surface area (Å²) in [6, 6.07) is 12.7. The Kier molecular flexibility index (Phi) is 5.30. The Labute approximate surface area is 178 Å². The highest BCUT2D eigenvalue weighted by Crippen LogP contribution is 2.33. The zero-order valence-electron chi connectivity index (χ0n) is 16.8. The zero-order valence-corrected chi connectivity index (χ0v) is 16.8. The molecule has 1 N–H and O–H groups in total. The highest BCUT2D eigenvalue weighted by Gasteiger charge is 2.25. The quantitative estimate of drug-likeness (QED) is 0.596. The molecule has 5 rings (SSSR count). The number of nitrogens with one attached hydrogen (secondary N) is 1. The standard InChI is InChI=1S/C23H22FN3O4/c24-18-4-2-1-3-16(18)11-27(10-15-5-8-20-21(9-15)31-14-30-20)12-22-26-19(13-29-22)23(28)25-17-6-7-17/h1-5,8-9,13,17H,6-7,10-12,14H2,(H,25,28). The first kappa shape index (κ1) is 19.6. The Morgan fingerprint density at radius 1 is 1.10 bits per heavy atom. The number of aromatic nitrogens is 1. The molecule has 0 spiro atoms. The number of ether oxygens (including phenoxy) is 2. The van der Waals surface area contributed by atoms with Crippen LogP contribution in [0.15, 0.2) is 53.1 Å². The van der Waals surface area contributed by atoms with Crippen LogP contribution in [-0.2, 0) is 19.6 Å². The van der Waals surface area contributed by atoms with E-state index in [1.807, 2.05) is 29.2 Å². The van der Waals surface area contributed by atoms with Crippen LogP contribution in [0.3, 0.4) is 0 Å². The Morgan fingerprint density at radius 2 is 1.94 bits per heavy atom. The van der Waals surface area contributed by atoms with Crippen LogP contribution in [-0.4, -0.2) is 28.6 Å². The van der Waals surface area contributed by atoms with Gasteiger partial charge in [-0.2, -0.15) is 0 Å². The summed E-state index contributed by atoms with van der Waals surface area (Å²) in [4.78, 5) is 18.5. The molecule has 0 atom stereocenters. The van der Waals surface area contributed by atoms with Crippen LogP contribution in [0, 0.1) is 5.82 Å². The van der Waals surface area contributed by atoms with Gasteiger partial charge in [0.2, 0.25) is 12.7 Å². The predicted octanol–water partition coefficient (Wildman–Crippen LogP) is 3.64. The summed E-state index contributed by atoms with van der Waals surface area (Å²) in [5.74, 6) is 1.31. The second-order valence-electron chi connectivity index (χ2n) is 7.80. The largest absolute Gasteiger partial charge is 0.454 e. The fourth-order valence-electron chi connectivity index (χ4n) is 3.50. The van der Waals surface area contributed by atoms with Gasteiger partial charge in [-0.05, 0) is 36.6 Å². The molecule has 1 saturated carbocycles. The van der Waals surface area contributed by atoms with Crippen molar-refractivity contribution in [2.75, 3.05) is 6.79 Å². The van der Waals surface area contributed by atoms with Crippen LogP contribution in [0.25, 0.3) is 0 Å². The SMILES string of the molecule is O=C(NC1CC1)c1coc(CN(Cc2ccc3c(c2)OCO3)Cc2ccccc2F)n1. The van der Waals surface area contributed by atoms with E-state index in [1.165, 1.54) is 12.3 Å². The molecule has 1 fully saturated rings. The van der Waals surface area contributed by atoms with Crippen molar-refractivity contribution in [1.82, 2.24) is 15.2 Å². The van der Waals surface area contributed by atoms with Gasteiger partial charge < -0.3 is 19.2 Å². The molecule has 0 unspecified atom stereocenters. The number of carbonyl (C=O) groups is 1. The number of hydrogen-bond donors (Lipinski definition) is 1. The molecule has 160 valence electrons. The second kappa shape index (κ2) is 8.39. The Bertz CT molecular complexity index is 1100. The van der Waals surface area contributed by atoms with Crippen LogP contribution in [0.4, 0.5) is 4.39 Å². The van der Waals surface area contributed by atoms with E-state index in [-0.39, 0.29) is 30.3 Å². The van der Waals surface area contributed by atoms with Gasteiger partial charge in [-0.1, -0.05) is 24.3 Å². The number of oxazole rings is 1. The third-order valence-electron chi connectivity index (χ3n) is 5.25. The van der Waals surface area contributed by atoms with E-state index in [9.17, 15) is 9.18 Å². The smallest absolute Gasteiger partial charge is 0.273 e. The maximum Gasteiger partial charge on any atom is 0.273 e. The van der Waals surface area contributed by atoms with Crippen LogP contribution < -0.4 is 14.8 Å². The number of fused-ring (bicyclic) bond motifs is 1. The van der Waals surface area contributed by atoms with E-state index in [0.717, 1.165) is 18.4 Å². The van der Waals surface area contributed by atoms with E-state index >= 15 is 0 Å². The minimum Gasteiger partial charge on any atom is -0.454 e. The summed E-state index contributed by atoms with van der Waals surface area (Å²) in [7, 11) is 0. The lowest BCUT2D eigenvalue weighted by atomic mass is 10.1. The summed E-state index contributed by atoms with van der Waals surface area (Å²) in [5, 5.41) is 2.90. The third kappa shape index (κ3) is 4.69. The van der Waals surface area contributed by atoms with Crippen molar-refractivity contribution in [3.63, 3.8) is 0 Å².